The third kappa shape index (κ3) is 2.71. The molecule has 0 aliphatic rings. The van der Waals surface area contributed by atoms with E-state index < -0.39 is 0 Å². The molecule has 1 N–H and O–H groups in total. The second-order valence-electron chi connectivity index (χ2n) is 3.73. The zero-order valence-electron chi connectivity index (χ0n) is 9.74. The van der Waals surface area contributed by atoms with Crippen molar-refractivity contribution in [1.29, 1.82) is 0 Å². The van der Waals surface area contributed by atoms with Gasteiger partial charge in [0, 0.05) is 24.1 Å². The van der Waals surface area contributed by atoms with Crippen LogP contribution < -0.4 is 5.32 Å². The molecule has 0 fully saturated rings. The molecule has 5 nitrogen and oxygen atoms in total. The standard InChI is InChI=1S/C13H9N3O2.ClH/c17-13(9-2-1-5-14-7-9)16-10-3-4-11-12(6-10)18-8-15-11;/h1-8H,(H,16,17);1H. The normalized spacial score (nSPS) is 9.89. The topological polar surface area (TPSA) is 68.0 Å². The van der Waals surface area contributed by atoms with Crippen molar-refractivity contribution < 1.29 is 9.21 Å². The maximum Gasteiger partial charge on any atom is 0.257 e. The number of carbonyl (C=O) groups excluding carboxylic acids is 1. The Kier molecular flexibility index (Phi) is 3.77. The number of benzene rings is 1. The molecule has 2 aromatic heterocycles. The highest BCUT2D eigenvalue weighted by Crippen LogP contribution is 2.18. The average molecular weight is 276 g/mol. The van der Waals surface area contributed by atoms with Crippen molar-refractivity contribution in [1.82, 2.24) is 9.97 Å². The van der Waals surface area contributed by atoms with E-state index in [1.807, 2.05) is 0 Å². The van der Waals surface area contributed by atoms with E-state index in [-0.39, 0.29) is 18.3 Å². The molecular weight excluding hydrogens is 266 g/mol. The van der Waals surface area contributed by atoms with Crippen LogP contribution in [0.1, 0.15) is 10.4 Å². The van der Waals surface area contributed by atoms with Crippen LogP contribution in [0.5, 0.6) is 0 Å². The van der Waals surface area contributed by atoms with Crippen LogP contribution in [-0.4, -0.2) is 15.9 Å². The van der Waals surface area contributed by atoms with Crippen LogP contribution >= 0.6 is 12.4 Å². The van der Waals surface area contributed by atoms with E-state index in [1.165, 1.54) is 12.6 Å². The van der Waals surface area contributed by atoms with Gasteiger partial charge in [-0.15, -0.1) is 12.4 Å². The molecule has 6 heteroatoms. The minimum atomic E-state index is -0.207. The maximum absolute atomic E-state index is 11.9. The number of nitrogens with one attached hydrogen (secondary N) is 1. The van der Waals surface area contributed by atoms with Gasteiger partial charge in [0.15, 0.2) is 12.0 Å². The van der Waals surface area contributed by atoms with Crippen LogP contribution in [0.15, 0.2) is 53.5 Å². The molecule has 0 unspecified atom stereocenters. The molecule has 0 spiro atoms. The Morgan fingerprint density at radius 2 is 2.16 bits per heavy atom. The molecule has 1 aromatic carbocycles. The summed E-state index contributed by atoms with van der Waals surface area (Å²) < 4.78 is 5.17. The van der Waals surface area contributed by atoms with Crippen LogP contribution in [0.25, 0.3) is 11.1 Å². The van der Waals surface area contributed by atoms with Gasteiger partial charge in [-0.1, -0.05) is 0 Å². The molecule has 2 heterocycles. The molecule has 96 valence electrons. The number of amides is 1. The number of carbonyl (C=O) groups is 1. The lowest BCUT2D eigenvalue weighted by molar-refractivity contribution is 0.102. The fourth-order valence-electron chi connectivity index (χ4n) is 1.63. The van der Waals surface area contributed by atoms with Crippen molar-refractivity contribution in [3.63, 3.8) is 0 Å². The van der Waals surface area contributed by atoms with Gasteiger partial charge in [-0.2, -0.15) is 0 Å². The first-order valence-corrected chi connectivity index (χ1v) is 5.37. The van der Waals surface area contributed by atoms with Gasteiger partial charge in [0.2, 0.25) is 0 Å². The van der Waals surface area contributed by atoms with Gasteiger partial charge in [-0.3, -0.25) is 9.78 Å². The maximum atomic E-state index is 11.9. The van der Waals surface area contributed by atoms with E-state index in [2.05, 4.69) is 15.3 Å². The number of nitrogens with zero attached hydrogens (tertiary/aromatic N) is 2. The summed E-state index contributed by atoms with van der Waals surface area (Å²) in [5.41, 5.74) is 2.57. The van der Waals surface area contributed by atoms with E-state index in [0.29, 0.717) is 16.8 Å². The number of halogens is 1. The SMILES string of the molecule is Cl.O=C(Nc1ccc2ncoc2c1)c1cccnc1. The zero-order valence-corrected chi connectivity index (χ0v) is 10.6. The Labute approximate surface area is 115 Å². The van der Waals surface area contributed by atoms with Gasteiger partial charge in [-0.05, 0) is 24.3 Å². The first kappa shape index (κ1) is 13.0. The molecule has 1 amide bonds. The molecule has 0 aliphatic heterocycles. The summed E-state index contributed by atoms with van der Waals surface area (Å²) in [6, 6.07) is 8.72. The number of hydrogen-bond donors (Lipinski definition) is 1. The van der Waals surface area contributed by atoms with Crippen molar-refractivity contribution in [2.24, 2.45) is 0 Å². The molecule has 0 saturated heterocycles. The minimum absolute atomic E-state index is 0. The smallest absolute Gasteiger partial charge is 0.257 e. The fourth-order valence-corrected chi connectivity index (χ4v) is 1.63. The summed E-state index contributed by atoms with van der Waals surface area (Å²) in [6.07, 6.45) is 4.51. The van der Waals surface area contributed by atoms with Crippen LogP contribution in [0.3, 0.4) is 0 Å². The predicted molar refractivity (Wildman–Crippen MR) is 73.4 cm³/mol. The highest BCUT2D eigenvalue weighted by Gasteiger charge is 2.07. The first-order chi connectivity index (χ1) is 8.83. The van der Waals surface area contributed by atoms with Crippen molar-refractivity contribution >= 4 is 35.1 Å². The summed E-state index contributed by atoms with van der Waals surface area (Å²) in [5, 5.41) is 2.77. The number of fused-ring (bicyclic) bond motifs is 1. The van der Waals surface area contributed by atoms with Gasteiger partial charge in [0.25, 0.3) is 5.91 Å². The average Bonchev–Trinajstić information content (AvgIpc) is 2.87. The molecule has 0 atom stereocenters. The number of hydrogen-bond acceptors (Lipinski definition) is 4. The van der Waals surface area contributed by atoms with E-state index in [4.69, 9.17) is 4.42 Å². The van der Waals surface area contributed by atoms with Gasteiger partial charge in [-0.25, -0.2) is 4.98 Å². The van der Waals surface area contributed by atoms with Gasteiger partial charge in [0.05, 0.1) is 5.56 Å². The molecule has 0 bridgehead atoms. The monoisotopic (exact) mass is 275 g/mol. The van der Waals surface area contributed by atoms with Crippen molar-refractivity contribution in [2.45, 2.75) is 0 Å². The summed E-state index contributed by atoms with van der Waals surface area (Å²) in [4.78, 5) is 19.8. The first-order valence-electron chi connectivity index (χ1n) is 5.37. The number of pyridine rings is 1. The van der Waals surface area contributed by atoms with E-state index >= 15 is 0 Å². The number of oxazole rings is 1. The molecule has 3 rings (SSSR count). The lowest BCUT2D eigenvalue weighted by Gasteiger charge is -2.04. The quantitative estimate of drug-likeness (QED) is 0.781. The van der Waals surface area contributed by atoms with Gasteiger partial charge >= 0.3 is 0 Å². The number of aromatic nitrogens is 2. The van der Waals surface area contributed by atoms with Gasteiger partial charge in [0.1, 0.15) is 5.52 Å². The molecule has 0 radical (unpaired) electrons. The Hall–Kier alpha value is -2.40. The predicted octanol–water partition coefficient (Wildman–Crippen LogP) is 2.90. The number of rotatable bonds is 2. The van der Waals surface area contributed by atoms with E-state index in [0.717, 1.165) is 5.52 Å². The Morgan fingerprint density at radius 3 is 2.95 bits per heavy atom. The third-order valence-corrected chi connectivity index (χ3v) is 2.51. The van der Waals surface area contributed by atoms with Crippen LogP contribution in [0, 0.1) is 0 Å². The lowest BCUT2D eigenvalue weighted by Crippen LogP contribution is -2.11. The van der Waals surface area contributed by atoms with E-state index in [1.54, 1.807) is 36.5 Å². The van der Waals surface area contributed by atoms with Crippen LogP contribution in [-0.2, 0) is 0 Å². The molecule has 3 aromatic rings. The number of anilines is 1. The Morgan fingerprint density at radius 1 is 1.26 bits per heavy atom. The summed E-state index contributed by atoms with van der Waals surface area (Å²) in [6.45, 7) is 0. The van der Waals surface area contributed by atoms with Crippen LogP contribution in [0.2, 0.25) is 0 Å². The minimum Gasteiger partial charge on any atom is -0.443 e. The molecule has 0 aliphatic carbocycles. The van der Waals surface area contributed by atoms with Crippen LogP contribution in [0.4, 0.5) is 5.69 Å². The van der Waals surface area contributed by atoms with E-state index in [9.17, 15) is 4.79 Å². The fraction of sp³-hybridized carbons (Fsp3) is 0. The van der Waals surface area contributed by atoms with Crippen molar-refractivity contribution in [2.75, 3.05) is 5.32 Å². The second kappa shape index (κ2) is 5.49. The van der Waals surface area contributed by atoms with Gasteiger partial charge < -0.3 is 9.73 Å². The molecule has 19 heavy (non-hydrogen) atoms. The highest BCUT2D eigenvalue weighted by molar-refractivity contribution is 6.04. The third-order valence-electron chi connectivity index (χ3n) is 2.51. The highest BCUT2D eigenvalue weighted by atomic mass is 35.5. The Balaban J connectivity index is 0.00000133. The zero-order chi connectivity index (χ0) is 12.4. The van der Waals surface area contributed by atoms with Crippen molar-refractivity contribution in [3.05, 3.63) is 54.7 Å². The van der Waals surface area contributed by atoms with Crippen molar-refractivity contribution in [3.8, 4) is 0 Å². The summed E-state index contributed by atoms with van der Waals surface area (Å²) >= 11 is 0. The largest absolute Gasteiger partial charge is 0.443 e. The molecular formula is C13H10ClN3O2. The second-order valence-corrected chi connectivity index (χ2v) is 3.73. The Bertz CT molecular complexity index is 697. The summed E-state index contributed by atoms with van der Waals surface area (Å²) in [7, 11) is 0. The lowest BCUT2D eigenvalue weighted by atomic mass is 10.2. The summed E-state index contributed by atoms with van der Waals surface area (Å²) in [5.74, 6) is -0.207. The molecule has 0 saturated carbocycles.